The van der Waals surface area contributed by atoms with Gasteiger partial charge in [-0.15, -0.1) is 0 Å². The van der Waals surface area contributed by atoms with Gasteiger partial charge >= 0.3 is 0 Å². The highest BCUT2D eigenvalue weighted by molar-refractivity contribution is 7.18. The molecule has 0 saturated carbocycles. The minimum Gasteiger partial charge on any atom is -0.348 e. The number of hydrogen-bond donors (Lipinski definition) is 0. The van der Waals surface area contributed by atoms with Crippen LogP contribution >= 0.6 is 11.3 Å². The van der Waals surface area contributed by atoms with E-state index in [1.54, 1.807) is 11.9 Å². The number of aromatic nitrogens is 1. The fraction of sp³-hybridized carbons (Fsp3) is 0.421. The maximum atomic E-state index is 13.1. The molecule has 26 heavy (non-hydrogen) atoms. The molecular weight excluding hydrogens is 348 g/mol. The van der Waals surface area contributed by atoms with Crippen molar-refractivity contribution in [2.45, 2.75) is 25.8 Å². The van der Waals surface area contributed by atoms with Gasteiger partial charge in [0, 0.05) is 26.7 Å². The Kier molecular flexibility index (Phi) is 4.63. The molecule has 2 aliphatic rings. The lowest BCUT2D eigenvalue weighted by Gasteiger charge is -2.26. The van der Waals surface area contributed by atoms with Crippen LogP contribution in [0.4, 0.5) is 10.9 Å². The van der Waals surface area contributed by atoms with E-state index >= 15 is 0 Å². The summed E-state index contributed by atoms with van der Waals surface area (Å²) in [6.45, 7) is 2.43. The number of likely N-dealkylation sites (N-methyl/N-ethyl adjacent to an activating group) is 1. The summed E-state index contributed by atoms with van der Waals surface area (Å²) in [4.78, 5) is 36.3. The van der Waals surface area contributed by atoms with E-state index in [1.165, 1.54) is 22.7 Å². The second kappa shape index (κ2) is 7.07. The molecule has 3 heterocycles. The van der Waals surface area contributed by atoms with Crippen LogP contribution in [0.5, 0.6) is 0 Å². The Morgan fingerprint density at radius 1 is 1.08 bits per heavy atom. The summed E-state index contributed by atoms with van der Waals surface area (Å²) in [5.41, 5.74) is 1.01. The van der Waals surface area contributed by atoms with E-state index in [0.29, 0.717) is 17.2 Å². The van der Waals surface area contributed by atoms with E-state index in [0.717, 1.165) is 36.6 Å². The summed E-state index contributed by atoms with van der Waals surface area (Å²) >= 11 is 1.41. The van der Waals surface area contributed by atoms with E-state index in [1.807, 2.05) is 30.3 Å². The third kappa shape index (κ3) is 3.19. The Hall–Kier alpha value is -2.41. The normalized spacial score (nSPS) is 18.1. The molecule has 2 aliphatic heterocycles. The second-order valence-electron chi connectivity index (χ2n) is 6.80. The first-order chi connectivity index (χ1) is 12.6. The Balaban J connectivity index is 1.65. The number of piperidine rings is 1. The lowest BCUT2D eigenvalue weighted by Crippen LogP contribution is -2.37. The fourth-order valence-electron chi connectivity index (χ4n) is 3.42. The summed E-state index contributed by atoms with van der Waals surface area (Å²) in [5, 5.41) is 0.851. The minimum absolute atomic E-state index is 0.0757. The zero-order valence-corrected chi connectivity index (χ0v) is 15.7. The van der Waals surface area contributed by atoms with E-state index in [4.69, 9.17) is 0 Å². The van der Waals surface area contributed by atoms with Crippen molar-refractivity contribution in [3.63, 3.8) is 0 Å². The topological polar surface area (TPSA) is 56.8 Å². The van der Waals surface area contributed by atoms with Crippen LogP contribution in [0.2, 0.25) is 0 Å². The number of anilines is 2. The number of nitrogens with zero attached hydrogens (tertiary/aromatic N) is 4. The zero-order valence-electron chi connectivity index (χ0n) is 14.9. The van der Waals surface area contributed by atoms with Crippen molar-refractivity contribution in [2.24, 2.45) is 0 Å². The quantitative estimate of drug-likeness (QED) is 0.834. The summed E-state index contributed by atoms with van der Waals surface area (Å²) in [6, 6.07) is 9.77. The SMILES string of the molecule is CN1C(=O)CN(Cc2ccccc2)C(=O)c2sc(N3CCCCC3)nc21. The van der Waals surface area contributed by atoms with Crippen molar-refractivity contribution in [3.8, 4) is 0 Å². The molecule has 0 bridgehead atoms. The summed E-state index contributed by atoms with van der Waals surface area (Å²) < 4.78 is 0. The molecule has 0 spiro atoms. The van der Waals surface area contributed by atoms with Gasteiger partial charge in [-0.3, -0.25) is 14.5 Å². The minimum atomic E-state index is -0.109. The number of benzene rings is 1. The maximum absolute atomic E-state index is 13.1. The number of carbonyl (C=O) groups is 2. The van der Waals surface area contributed by atoms with Crippen molar-refractivity contribution in [1.29, 1.82) is 0 Å². The molecule has 1 aromatic heterocycles. The Bertz CT molecular complexity index is 814. The number of rotatable bonds is 3. The van der Waals surface area contributed by atoms with Crippen LogP contribution in [-0.4, -0.2) is 48.4 Å². The van der Waals surface area contributed by atoms with E-state index in [-0.39, 0.29) is 18.4 Å². The lowest BCUT2D eigenvalue weighted by molar-refractivity contribution is -0.119. The molecule has 1 saturated heterocycles. The number of thiazole rings is 1. The van der Waals surface area contributed by atoms with Crippen molar-refractivity contribution in [3.05, 3.63) is 40.8 Å². The lowest BCUT2D eigenvalue weighted by atomic mass is 10.1. The molecule has 7 heteroatoms. The van der Waals surface area contributed by atoms with Gasteiger partial charge in [-0.05, 0) is 24.8 Å². The summed E-state index contributed by atoms with van der Waals surface area (Å²) in [5.74, 6) is 0.284. The maximum Gasteiger partial charge on any atom is 0.268 e. The molecule has 2 aromatic rings. The standard InChI is InChI=1S/C19H22N4O2S/c1-21-15(24)13-23(12-14-8-4-2-5-9-14)18(25)16-17(21)20-19(26-16)22-10-6-3-7-11-22/h2,4-5,8-9H,3,6-7,10-13H2,1H3. The van der Waals surface area contributed by atoms with Crippen LogP contribution in [0.25, 0.3) is 0 Å². The highest BCUT2D eigenvalue weighted by Crippen LogP contribution is 2.35. The van der Waals surface area contributed by atoms with Crippen LogP contribution in [0, 0.1) is 0 Å². The van der Waals surface area contributed by atoms with Gasteiger partial charge in [0.2, 0.25) is 5.91 Å². The predicted octanol–water partition coefficient (Wildman–Crippen LogP) is 2.75. The average Bonchev–Trinajstić information content (AvgIpc) is 3.10. The molecule has 4 rings (SSSR count). The molecule has 0 unspecified atom stereocenters. The van der Waals surface area contributed by atoms with Gasteiger partial charge in [0.1, 0.15) is 11.4 Å². The smallest absolute Gasteiger partial charge is 0.268 e. The predicted molar refractivity (Wildman–Crippen MR) is 103 cm³/mol. The number of fused-ring (bicyclic) bond motifs is 1. The van der Waals surface area contributed by atoms with Gasteiger partial charge < -0.3 is 9.80 Å². The van der Waals surface area contributed by atoms with Gasteiger partial charge in [-0.1, -0.05) is 41.7 Å². The Morgan fingerprint density at radius 3 is 2.54 bits per heavy atom. The summed E-state index contributed by atoms with van der Waals surface area (Å²) in [6.07, 6.45) is 3.53. The van der Waals surface area contributed by atoms with Crippen LogP contribution in [0.3, 0.4) is 0 Å². The highest BCUT2D eigenvalue weighted by atomic mass is 32.1. The van der Waals surface area contributed by atoms with Crippen LogP contribution in [0.15, 0.2) is 30.3 Å². The second-order valence-corrected chi connectivity index (χ2v) is 7.77. The molecule has 1 fully saturated rings. The largest absolute Gasteiger partial charge is 0.348 e. The molecule has 0 atom stereocenters. The fourth-order valence-corrected chi connectivity index (χ4v) is 4.54. The van der Waals surface area contributed by atoms with Crippen LogP contribution in [-0.2, 0) is 11.3 Å². The summed E-state index contributed by atoms with van der Waals surface area (Å²) in [7, 11) is 1.71. The zero-order chi connectivity index (χ0) is 18.1. The van der Waals surface area contributed by atoms with Crippen LogP contribution in [0.1, 0.15) is 34.5 Å². The Labute approximate surface area is 157 Å². The van der Waals surface area contributed by atoms with Gasteiger partial charge in [0.25, 0.3) is 5.91 Å². The number of amides is 2. The monoisotopic (exact) mass is 370 g/mol. The molecular formula is C19H22N4O2S. The molecule has 0 N–H and O–H groups in total. The van der Waals surface area contributed by atoms with Crippen molar-refractivity contribution < 1.29 is 9.59 Å². The van der Waals surface area contributed by atoms with Gasteiger partial charge in [-0.25, -0.2) is 4.98 Å². The molecule has 0 radical (unpaired) electrons. The first kappa shape index (κ1) is 17.0. The molecule has 0 aliphatic carbocycles. The molecule has 2 amide bonds. The van der Waals surface area contributed by atoms with Gasteiger partial charge in [-0.2, -0.15) is 0 Å². The van der Waals surface area contributed by atoms with E-state index < -0.39 is 0 Å². The highest BCUT2D eigenvalue weighted by Gasteiger charge is 2.34. The van der Waals surface area contributed by atoms with E-state index in [9.17, 15) is 9.59 Å². The first-order valence-electron chi connectivity index (χ1n) is 8.99. The molecule has 1 aromatic carbocycles. The van der Waals surface area contributed by atoms with Gasteiger partial charge in [0.15, 0.2) is 10.9 Å². The molecule has 136 valence electrons. The third-order valence-corrected chi connectivity index (χ3v) is 6.03. The number of carbonyl (C=O) groups excluding carboxylic acids is 2. The van der Waals surface area contributed by atoms with Crippen LogP contribution < -0.4 is 9.80 Å². The van der Waals surface area contributed by atoms with Gasteiger partial charge in [0.05, 0.1) is 0 Å². The van der Waals surface area contributed by atoms with Crippen molar-refractivity contribution >= 4 is 34.1 Å². The third-order valence-electron chi connectivity index (χ3n) is 4.94. The average molecular weight is 370 g/mol. The van der Waals surface area contributed by atoms with Crippen molar-refractivity contribution in [1.82, 2.24) is 9.88 Å². The molecule has 6 nitrogen and oxygen atoms in total. The first-order valence-corrected chi connectivity index (χ1v) is 9.80. The number of hydrogen-bond acceptors (Lipinski definition) is 5. The van der Waals surface area contributed by atoms with Crippen molar-refractivity contribution in [2.75, 3.05) is 36.5 Å². The Morgan fingerprint density at radius 2 is 1.81 bits per heavy atom. The van der Waals surface area contributed by atoms with E-state index in [2.05, 4.69) is 9.88 Å².